The first kappa shape index (κ1) is 23.5. The van der Waals surface area contributed by atoms with E-state index < -0.39 is 24.1 Å². The number of benzene rings is 2. The van der Waals surface area contributed by atoms with E-state index in [1.54, 1.807) is 6.08 Å². The molecule has 0 saturated carbocycles. The van der Waals surface area contributed by atoms with Gasteiger partial charge >= 0.3 is 12.1 Å². The Labute approximate surface area is 199 Å². The molecule has 4 rings (SSSR count). The molecule has 2 aliphatic rings. The summed E-state index contributed by atoms with van der Waals surface area (Å²) in [5.41, 5.74) is 4.48. The number of carboxylic acids is 1. The summed E-state index contributed by atoms with van der Waals surface area (Å²) >= 11 is 0. The van der Waals surface area contributed by atoms with Crippen LogP contribution in [-0.4, -0.2) is 53.2 Å². The van der Waals surface area contributed by atoms with Crippen molar-refractivity contribution in [3.63, 3.8) is 0 Å². The molecule has 2 amide bonds. The van der Waals surface area contributed by atoms with E-state index in [2.05, 4.69) is 24.0 Å². The highest BCUT2D eigenvalue weighted by Crippen LogP contribution is 2.44. The van der Waals surface area contributed by atoms with Crippen LogP contribution < -0.4 is 5.32 Å². The minimum absolute atomic E-state index is 0.0843. The Hall–Kier alpha value is -3.61. The molecule has 0 spiro atoms. The lowest BCUT2D eigenvalue weighted by molar-refractivity contribution is -0.153. The quantitative estimate of drug-likeness (QED) is 0.570. The molecule has 1 saturated heterocycles. The molecule has 2 N–H and O–H groups in total. The molecule has 1 aliphatic heterocycles. The van der Waals surface area contributed by atoms with Crippen LogP contribution >= 0.6 is 0 Å². The average molecular weight is 463 g/mol. The monoisotopic (exact) mass is 462 g/mol. The average Bonchev–Trinajstić information content (AvgIpc) is 3.18. The maximum absolute atomic E-state index is 13.2. The third kappa shape index (κ3) is 4.83. The fourth-order valence-electron chi connectivity index (χ4n) is 4.98. The lowest BCUT2D eigenvalue weighted by atomic mass is 9.98. The van der Waals surface area contributed by atoms with Crippen LogP contribution in [0.15, 0.2) is 61.2 Å². The van der Waals surface area contributed by atoms with Gasteiger partial charge in [-0.05, 0) is 54.4 Å². The minimum Gasteiger partial charge on any atom is -0.480 e. The number of alkyl carbamates (subject to hydrolysis) is 1. The Morgan fingerprint density at radius 1 is 1.09 bits per heavy atom. The van der Waals surface area contributed by atoms with Crippen LogP contribution in [0.5, 0.6) is 0 Å². The zero-order valence-corrected chi connectivity index (χ0v) is 19.1. The third-order valence-electron chi connectivity index (χ3n) is 6.66. The molecular formula is C27H30N2O5. The number of aliphatic carboxylic acids is 1. The molecule has 0 bridgehead atoms. The number of carbonyl (C=O) groups is 3. The maximum Gasteiger partial charge on any atom is 0.407 e. The predicted octanol–water partition coefficient (Wildman–Crippen LogP) is 4.33. The molecule has 7 nitrogen and oxygen atoms in total. The van der Waals surface area contributed by atoms with E-state index in [0.29, 0.717) is 25.8 Å². The van der Waals surface area contributed by atoms with E-state index in [1.165, 1.54) is 4.90 Å². The number of nitrogens with one attached hydrogen (secondary N) is 1. The highest BCUT2D eigenvalue weighted by atomic mass is 16.5. The van der Waals surface area contributed by atoms with Gasteiger partial charge in [0, 0.05) is 12.5 Å². The van der Waals surface area contributed by atoms with Gasteiger partial charge in [-0.2, -0.15) is 0 Å². The summed E-state index contributed by atoms with van der Waals surface area (Å²) in [4.78, 5) is 39.0. The van der Waals surface area contributed by atoms with Crippen LogP contribution in [0.4, 0.5) is 4.79 Å². The number of likely N-dealkylation sites (tertiary alicyclic amines) is 1. The summed E-state index contributed by atoms with van der Waals surface area (Å²) in [6.45, 7) is 4.21. The number of nitrogens with zero attached hydrogens (tertiary/aromatic N) is 1. The van der Waals surface area contributed by atoms with E-state index in [4.69, 9.17) is 4.74 Å². The smallest absolute Gasteiger partial charge is 0.407 e. The Balaban J connectivity index is 1.44. The Morgan fingerprint density at radius 2 is 1.74 bits per heavy atom. The van der Waals surface area contributed by atoms with Crippen molar-refractivity contribution in [3.05, 3.63) is 72.3 Å². The molecule has 0 aromatic heterocycles. The van der Waals surface area contributed by atoms with Crippen molar-refractivity contribution < 1.29 is 24.2 Å². The van der Waals surface area contributed by atoms with Gasteiger partial charge in [0.15, 0.2) is 0 Å². The van der Waals surface area contributed by atoms with Crippen LogP contribution in [0, 0.1) is 0 Å². The summed E-state index contributed by atoms with van der Waals surface area (Å²) in [5, 5.41) is 12.2. The van der Waals surface area contributed by atoms with Gasteiger partial charge in [-0.25, -0.2) is 9.59 Å². The molecule has 2 atom stereocenters. The summed E-state index contributed by atoms with van der Waals surface area (Å²) in [7, 11) is 0. The number of piperidine rings is 1. The fraction of sp³-hybridized carbons (Fsp3) is 0.370. The number of allylic oxidation sites excluding steroid dienone is 1. The van der Waals surface area contributed by atoms with Crippen molar-refractivity contribution in [2.45, 2.75) is 50.1 Å². The topological polar surface area (TPSA) is 95.9 Å². The van der Waals surface area contributed by atoms with Crippen LogP contribution in [0.3, 0.4) is 0 Å². The normalized spacial score (nSPS) is 17.9. The van der Waals surface area contributed by atoms with Gasteiger partial charge in [0.05, 0.1) is 0 Å². The first-order valence-corrected chi connectivity index (χ1v) is 11.8. The van der Waals surface area contributed by atoms with Crippen LogP contribution in [0.2, 0.25) is 0 Å². The summed E-state index contributed by atoms with van der Waals surface area (Å²) < 4.78 is 5.60. The molecular weight excluding hydrogens is 432 g/mol. The van der Waals surface area contributed by atoms with Crippen LogP contribution in [0.1, 0.15) is 49.1 Å². The standard InChI is InChI=1S/C27H30N2O5/c1-2-3-14-23(25(30)29-16-9-8-15-24(29)26(31)32)28-27(33)34-17-22-20-12-6-4-10-18(20)19-11-5-7-13-21(19)22/h2,4-7,10-13,22-24H,1,3,8-9,14-17H2,(H,28,33)(H,31,32). The van der Waals surface area contributed by atoms with Crippen LogP contribution in [-0.2, 0) is 14.3 Å². The van der Waals surface area contributed by atoms with Gasteiger partial charge in [-0.15, -0.1) is 6.58 Å². The van der Waals surface area contributed by atoms with Gasteiger partial charge in [0.2, 0.25) is 5.91 Å². The zero-order chi connectivity index (χ0) is 24.1. The Bertz CT molecular complexity index is 1040. The molecule has 2 unspecified atom stereocenters. The lowest BCUT2D eigenvalue weighted by Gasteiger charge is -2.35. The first-order chi connectivity index (χ1) is 16.5. The second-order valence-corrected chi connectivity index (χ2v) is 8.77. The number of carbonyl (C=O) groups excluding carboxylic acids is 2. The molecule has 7 heteroatoms. The second kappa shape index (κ2) is 10.5. The van der Waals surface area contributed by atoms with Crippen molar-refractivity contribution in [2.24, 2.45) is 0 Å². The Kier molecular flexibility index (Phi) is 7.30. The fourth-order valence-corrected chi connectivity index (χ4v) is 4.98. The van der Waals surface area contributed by atoms with Gasteiger partial charge in [0.1, 0.15) is 18.7 Å². The molecule has 2 aromatic carbocycles. The molecule has 1 aliphatic carbocycles. The molecule has 0 radical (unpaired) electrons. The van der Waals surface area contributed by atoms with Gasteiger partial charge in [0.25, 0.3) is 0 Å². The zero-order valence-electron chi connectivity index (χ0n) is 19.1. The Morgan fingerprint density at radius 3 is 2.35 bits per heavy atom. The molecule has 1 fully saturated rings. The third-order valence-corrected chi connectivity index (χ3v) is 6.66. The highest BCUT2D eigenvalue weighted by Gasteiger charge is 2.36. The van der Waals surface area contributed by atoms with Crippen molar-refractivity contribution in [1.29, 1.82) is 0 Å². The minimum atomic E-state index is -1.02. The number of amides is 2. The van der Waals surface area contributed by atoms with E-state index in [9.17, 15) is 19.5 Å². The molecule has 34 heavy (non-hydrogen) atoms. The number of hydrogen-bond acceptors (Lipinski definition) is 4. The summed E-state index contributed by atoms with van der Waals surface area (Å²) in [6.07, 6.45) is 3.74. The van der Waals surface area contributed by atoms with Gasteiger partial charge < -0.3 is 20.1 Å². The van der Waals surface area contributed by atoms with E-state index >= 15 is 0 Å². The molecule has 178 valence electrons. The number of carboxylic acid groups (broad SMARTS) is 1. The summed E-state index contributed by atoms with van der Waals surface area (Å²) in [6, 6.07) is 14.4. The number of fused-ring (bicyclic) bond motifs is 3. The van der Waals surface area contributed by atoms with E-state index in [-0.39, 0.29) is 18.4 Å². The molecule has 2 aromatic rings. The van der Waals surface area contributed by atoms with Crippen molar-refractivity contribution in [1.82, 2.24) is 10.2 Å². The maximum atomic E-state index is 13.2. The van der Waals surface area contributed by atoms with Crippen molar-refractivity contribution >= 4 is 18.0 Å². The van der Waals surface area contributed by atoms with Crippen molar-refractivity contribution in [2.75, 3.05) is 13.2 Å². The van der Waals surface area contributed by atoms with Crippen molar-refractivity contribution in [3.8, 4) is 11.1 Å². The van der Waals surface area contributed by atoms with Gasteiger partial charge in [-0.3, -0.25) is 4.79 Å². The number of hydrogen-bond donors (Lipinski definition) is 2. The highest BCUT2D eigenvalue weighted by molar-refractivity contribution is 5.89. The first-order valence-electron chi connectivity index (χ1n) is 11.8. The lowest BCUT2D eigenvalue weighted by Crippen LogP contribution is -2.55. The second-order valence-electron chi connectivity index (χ2n) is 8.77. The summed E-state index contributed by atoms with van der Waals surface area (Å²) in [5.74, 6) is -1.49. The van der Waals surface area contributed by atoms with E-state index in [0.717, 1.165) is 35.1 Å². The number of rotatable bonds is 8. The SMILES string of the molecule is C=CCCC(NC(=O)OCC1c2ccccc2-c2ccccc21)C(=O)N1CCCCC1C(=O)O. The largest absolute Gasteiger partial charge is 0.480 e. The molecule has 1 heterocycles. The van der Waals surface area contributed by atoms with E-state index in [1.807, 2.05) is 36.4 Å². The number of ether oxygens (including phenoxy) is 1. The predicted molar refractivity (Wildman–Crippen MR) is 128 cm³/mol. The van der Waals surface area contributed by atoms with Gasteiger partial charge in [-0.1, -0.05) is 54.6 Å². The van der Waals surface area contributed by atoms with Crippen LogP contribution in [0.25, 0.3) is 11.1 Å².